The Kier molecular flexibility index (Phi) is 8.51. The van der Waals surface area contributed by atoms with Gasteiger partial charge in [-0.15, -0.1) is 0 Å². The van der Waals surface area contributed by atoms with E-state index in [0.717, 1.165) is 22.8 Å². The number of carbonyl (C=O) groups is 2. The van der Waals surface area contributed by atoms with Gasteiger partial charge in [0.2, 0.25) is 5.91 Å². The van der Waals surface area contributed by atoms with Crippen molar-refractivity contribution < 1.29 is 28.5 Å². The van der Waals surface area contributed by atoms with E-state index in [-0.39, 0.29) is 11.8 Å². The second-order valence-electron chi connectivity index (χ2n) is 8.77. The van der Waals surface area contributed by atoms with E-state index in [1.54, 1.807) is 37.1 Å². The number of hydrogen-bond acceptors (Lipinski definition) is 6. The molecule has 0 bridgehead atoms. The number of rotatable bonds is 11. The molecule has 0 aromatic heterocycles. The van der Waals surface area contributed by atoms with Gasteiger partial charge in [0.25, 0.3) is 5.91 Å². The first-order valence-corrected chi connectivity index (χ1v) is 12.3. The van der Waals surface area contributed by atoms with Gasteiger partial charge >= 0.3 is 0 Å². The maximum absolute atomic E-state index is 12.9. The van der Waals surface area contributed by atoms with Gasteiger partial charge in [-0.3, -0.25) is 9.59 Å². The Bertz CT molecular complexity index is 1210. The summed E-state index contributed by atoms with van der Waals surface area (Å²) in [6.07, 6.45) is 0.260. The van der Waals surface area contributed by atoms with Crippen LogP contribution in [0.25, 0.3) is 0 Å². The maximum Gasteiger partial charge on any atom is 0.267 e. The normalized spacial score (nSPS) is 14.4. The molecule has 1 heterocycles. The Labute approximate surface area is 217 Å². The van der Waals surface area contributed by atoms with Crippen LogP contribution in [0.4, 0.5) is 11.4 Å². The lowest BCUT2D eigenvalue weighted by Gasteiger charge is -2.33. The Morgan fingerprint density at radius 3 is 2.30 bits per heavy atom. The van der Waals surface area contributed by atoms with E-state index in [0.29, 0.717) is 49.7 Å². The Morgan fingerprint density at radius 2 is 1.59 bits per heavy atom. The monoisotopic (exact) mass is 504 g/mol. The summed E-state index contributed by atoms with van der Waals surface area (Å²) in [7, 11) is 1.61. The van der Waals surface area contributed by atoms with Crippen LogP contribution in [-0.2, 0) is 9.59 Å². The van der Waals surface area contributed by atoms with E-state index in [1.807, 2.05) is 55.5 Å². The van der Waals surface area contributed by atoms with Gasteiger partial charge in [0.15, 0.2) is 6.10 Å². The lowest BCUT2D eigenvalue weighted by molar-refractivity contribution is -0.125. The molecule has 0 spiro atoms. The molecule has 8 heteroatoms. The summed E-state index contributed by atoms with van der Waals surface area (Å²) in [6.45, 7) is 4.84. The fraction of sp³-hybridized carbons (Fsp3) is 0.310. The Morgan fingerprint density at radius 1 is 0.946 bits per heavy atom. The number of nitrogens with one attached hydrogen (secondary N) is 1. The average molecular weight is 505 g/mol. The first-order valence-electron chi connectivity index (χ1n) is 12.3. The molecule has 3 aromatic rings. The standard InChI is InChI=1S/C29H32N2O6/c1-20-6-9-24(10-7-20)36-18-16-31-26-19-22(8-15-27(26)37-21(2)29(31)33)30-28(32)5-4-17-35-25-13-11-23(34-3)12-14-25/h6-15,19,21H,4-5,16-18H2,1-3H3,(H,30,32). The van der Waals surface area contributed by atoms with Crippen molar-refractivity contribution in [3.63, 3.8) is 0 Å². The topological polar surface area (TPSA) is 86.3 Å². The van der Waals surface area contributed by atoms with Crippen LogP contribution in [0.15, 0.2) is 66.7 Å². The first-order chi connectivity index (χ1) is 17.9. The van der Waals surface area contributed by atoms with Crippen molar-refractivity contribution in [3.8, 4) is 23.0 Å². The van der Waals surface area contributed by atoms with Gasteiger partial charge in [-0.05, 0) is 74.9 Å². The molecule has 1 aliphatic heterocycles. The van der Waals surface area contributed by atoms with Crippen LogP contribution in [0.2, 0.25) is 0 Å². The Balaban J connectivity index is 1.31. The quantitative estimate of drug-likeness (QED) is 0.370. The summed E-state index contributed by atoms with van der Waals surface area (Å²) in [6, 6.07) is 20.4. The average Bonchev–Trinajstić information content (AvgIpc) is 2.90. The number of anilines is 2. The van der Waals surface area contributed by atoms with E-state index in [4.69, 9.17) is 18.9 Å². The molecular weight excluding hydrogens is 472 g/mol. The molecular formula is C29H32N2O6. The van der Waals surface area contributed by atoms with Crippen LogP contribution in [0, 0.1) is 6.92 Å². The predicted octanol–water partition coefficient (Wildman–Crippen LogP) is 4.99. The number of fused-ring (bicyclic) bond motifs is 1. The minimum absolute atomic E-state index is 0.135. The molecule has 1 N–H and O–H groups in total. The third kappa shape index (κ3) is 6.94. The zero-order valence-electron chi connectivity index (χ0n) is 21.4. The van der Waals surface area contributed by atoms with Crippen molar-refractivity contribution in [3.05, 3.63) is 72.3 Å². The van der Waals surface area contributed by atoms with Gasteiger partial charge in [0, 0.05) is 12.1 Å². The van der Waals surface area contributed by atoms with E-state index in [1.165, 1.54) is 0 Å². The largest absolute Gasteiger partial charge is 0.497 e. The van der Waals surface area contributed by atoms with Gasteiger partial charge in [0.1, 0.15) is 29.6 Å². The highest BCUT2D eigenvalue weighted by molar-refractivity contribution is 6.01. The fourth-order valence-corrected chi connectivity index (χ4v) is 3.92. The van der Waals surface area contributed by atoms with Gasteiger partial charge in [0.05, 0.1) is 25.9 Å². The molecule has 0 saturated carbocycles. The first kappa shape index (κ1) is 25.9. The highest BCUT2D eigenvalue weighted by Gasteiger charge is 2.31. The summed E-state index contributed by atoms with van der Waals surface area (Å²) in [5, 5.41) is 2.90. The number of ether oxygens (including phenoxy) is 4. The van der Waals surface area contributed by atoms with Crippen LogP contribution in [-0.4, -0.2) is 44.8 Å². The molecule has 3 aromatic carbocycles. The van der Waals surface area contributed by atoms with E-state index in [2.05, 4.69) is 5.32 Å². The van der Waals surface area contributed by atoms with Crippen molar-refractivity contribution in [1.29, 1.82) is 0 Å². The SMILES string of the molecule is COc1ccc(OCCCC(=O)Nc2ccc3c(c2)N(CCOc2ccc(C)cc2)C(=O)C(C)O3)cc1. The molecule has 1 unspecified atom stereocenters. The molecule has 37 heavy (non-hydrogen) atoms. The number of hydrogen-bond donors (Lipinski definition) is 1. The number of amides is 2. The van der Waals surface area contributed by atoms with Crippen LogP contribution in [0.5, 0.6) is 23.0 Å². The third-order valence-corrected chi connectivity index (χ3v) is 5.93. The number of benzene rings is 3. The van der Waals surface area contributed by atoms with Crippen molar-refractivity contribution in [2.45, 2.75) is 32.8 Å². The summed E-state index contributed by atoms with van der Waals surface area (Å²) in [4.78, 5) is 27.0. The van der Waals surface area contributed by atoms with Crippen LogP contribution >= 0.6 is 0 Å². The summed E-state index contributed by atoms with van der Waals surface area (Å²) in [5.74, 6) is 2.53. The lowest BCUT2D eigenvalue weighted by atomic mass is 10.1. The van der Waals surface area contributed by atoms with Gasteiger partial charge < -0.3 is 29.2 Å². The van der Waals surface area contributed by atoms with E-state index in [9.17, 15) is 9.59 Å². The zero-order valence-corrected chi connectivity index (χ0v) is 21.4. The van der Waals surface area contributed by atoms with Crippen molar-refractivity contribution in [1.82, 2.24) is 0 Å². The Hall–Kier alpha value is -4.20. The second kappa shape index (κ2) is 12.2. The molecule has 1 aliphatic rings. The highest BCUT2D eigenvalue weighted by atomic mass is 16.5. The number of aryl methyl sites for hydroxylation is 1. The van der Waals surface area contributed by atoms with Crippen molar-refractivity contribution >= 4 is 23.2 Å². The van der Waals surface area contributed by atoms with Crippen LogP contribution < -0.4 is 29.2 Å². The molecule has 0 radical (unpaired) electrons. The van der Waals surface area contributed by atoms with Crippen LogP contribution in [0.1, 0.15) is 25.3 Å². The van der Waals surface area contributed by atoms with Crippen molar-refractivity contribution in [2.75, 3.05) is 37.1 Å². The lowest BCUT2D eigenvalue weighted by Crippen LogP contribution is -2.46. The van der Waals surface area contributed by atoms with Crippen LogP contribution in [0.3, 0.4) is 0 Å². The zero-order chi connectivity index (χ0) is 26.2. The van der Waals surface area contributed by atoms with Gasteiger partial charge in [-0.2, -0.15) is 0 Å². The third-order valence-electron chi connectivity index (χ3n) is 5.93. The molecule has 0 aliphatic carbocycles. The molecule has 4 rings (SSSR count). The smallest absolute Gasteiger partial charge is 0.267 e. The second-order valence-corrected chi connectivity index (χ2v) is 8.77. The minimum atomic E-state index is -0.599. The molecule has 0 fully saturated rings. The summed E-state index contributed by atoms with van der Waals surface area (Å²) >= 11 is 0. The predicted molar refractivity (Wildman–Crippen MR) is 142 cm³/mol. The molecule has 8 nitrogen and oxygen atoms in total. The molecule has 1 atom stereocenters. The number of nitrogens with zero attached hydrogens (tertiary/aromatic N) is 1. The summed E-state index contributed by atoms with van der Waals surface area (Å²) in [5.41, 5.74) is 2.35. The van der Waals surface area contributed by atoms with E-state index >= 15 is 0 Å². The van der Waals surface area contributed by atoms with Gasteiger partial charge in [-0.25, -0.2) is 0 Å². The molecule has 2 amide bonds. The highest BCUT2D eigenvalue weighted by Crippen LogP contribution is 2.36. The van der Waals surface area contributed by atoms with Crippen molar-refractivity contribution in [2.24, 2.45) is 0 Å². The molecule has 0 saturated heterocycles. The number of carbonyl (C=O) groups excluding carboxylic acids is 2. The minimum Gasteiger partial charge on any atom is -0.497 e. The number of methoxy groups -OCH3 is 1. The molecule has 194 valence electrons. The van der Waals surface area contributed by atoms with E-state index < -0.39 is 6.10 Å². The van der Waals surface area contributed by atoms with Gasteiger partial charge in [-0.1, -0.05) is 17.7 Å². The summed E-state index contributed by atoms with van der Waals surface area (Å²) < 4.78 is 22.4. The fourth-order valence-electron chi connectivity index (χ4n) is 3.92. The maximum atomic E-state index is 12.9.